The van der Waals surface area contributed by atoms with Crippen molar-refractivity contribution in [3.8, 4) is 5.75 Å². The first-order valence-electron chi connectivity index (χ1n) is 7.24. The summed E-state index contributed by atoms with van der Waals surface area (Å²) in [5, 5.41) is 10.8. The van der Waals surface area contributed by atoms with E-state index in [1.54, 1.807) is 24.1 Å². The molecule has 0 bridgehead atoms. The van der Waals surface area contributed by atoms with Gasteiger partial charge in [0.1, 0.15) is 5.75 Å². The fourth-order valence-electron chi connectivity index (χ4n) is 2.82. The highest BCUT2D eigenvalue weighted by Crippen LogP contribution is 2.41. The van der Waals surface area contributed by atoms with E-state index in [2.05, 4.69) is 12.3 Å². The van der Waals surface area contributed by atoms with E-state index in [1.807, 2.05) is 36.4 Å². The molecular weight excluding hydrogens is 290 g/mol. The monoisotopic (exact) mass is 307 g/mol. The molecular formula is C19H17NO3. The number of fused-ring (bicyclic) bond motifs is 1. The predicted octanol–water partition coefficient (Wildman–Crippen LogP) is 2.77. The van der Waals surface area contributed by atoms with Crippen LogP contribution in [-0.2, 0) is 16.9 Å². The van der Waals surface area contributed by atoms with Gasteiger partial charge in [0.2, 0.25) is 0 Å². The topological polar surface area (TPSA) is 49.8 Å². The Labute approximate surface area is 134 Å². The molecule has 1 aliphatic rings. The number of hydrogen-bond donors (Lipinski definition) is 1. The van der Waals surface area contributed by atoms with Crippen LogP contribution < -0.4 is 9.64 Å². The van der Waals surface area contributed by atoms with Gasteiger partial charge < -0.3 is 14.7 Å². The molecule has 0 saturated heterocycles. The summed E-state index contributed by atoms with van der Waals surface area (Å²) in [6.07, 6.45) is 1.31. The lowest BCUT2D eigenvalue weighted by atomic mass is 9.95. The van der Waals surface area contributed by atoms with E-state index in [4.69, 9.17) is 4.74 Å². The standard InChI is InChI=1S/C19H17NO3/c1-3-12-19(22)16-6-4-5-7-17(16)20(18(19)21)13-14-8-10-15(23-2)11-9-14/h4-12,22H,1,13H2,2H3. The Hall–Kier alpha value is -2.81. The molecule has 1 amide bonds. The molecule has 0 fully saturated rings. The largest absolute Gasteiger partial charge is 0.497 e. The van der Waals surface area contributed by atoms with E-state index in [9.17, 15) is 9.90 Å². The van der Waals surface area contributed by atoms with Gasteiger partial charge in [0.05, 0.1) is 19.3 Å². The van der Waals surface area contributed by atoms with Gasteiger partial charge in [0.15, 0.2) is 5.60 Å². The summed E-state index contributed by atoms with van der Waals surface area (Å²) < 4.78 is 5.14. The summed E-state index contributed by atoms with van der Waals surface area (Å²) in [5.41, 5.74) is 3.02. The van der Waals surface area contributed by atoms with Crippen LogP contribution in [0.5, 0.6) is 5.75 Å². The summed E-state index contributed by atoms with van der Waals surface area (Å²) >= 11 is 0. The molecule has 23 heavy (non-hydrogen) atoms. The van der Waals surface area contributed by atoms with Gasteiger partial charge in [-0.25, -0.2) is 0 Å². The van der Waals surface area contributed by atoms with Crippen LogP contribution in [0.25, 0.3) is 0 Å². The van der Waals surface area contributed by atoms with E-state index in [1.165, 1.54) is 6.08 Å². The Morgan fingerprint density at radius 1 is 1.26 bits per heavy atom. The van der Waals surface area contributed by atoms with E-state index < -0.39 is 11.5 Å². The van der Waals surface area contributed by atoms with E-state index in [0.717, 1.165) is 11.3 Å². The highest BCUT2D eigenvalue weighted by molar-refractivity contribution is 6.08. The lowest BCUT2D eigenvalue weighted by molar-refractivity contribution is -0.131. The van der Waals surface area contributed by atoms with Crippen molar-refractivity contribution in [2.45, 2.75) is 12.1 Å². The maximum Gasteiger partial charge on any atom is 0.268 e. The molecule has 1 unspecified atom stereocenters. The van der Waals surface area contributed by atoms with Gasteiger partial charge in [-0.2, -0.15) is 0 Å². The highest BCUT2D eigenvalue weighted by atomic mass is 16.5. The number of ether oxygens (including phenoxy) is 1. The van der Waals surface area contributed by atoms with Crippen LogP contribution in [0.1, 0.15) is 11.1 Å². The third-order valence-corrected chi connectivity index (χ3v) is 3.99. The molecule has 0 saturated carbocycles. The van der Waals surface area contributed by atoms with Crippen LogP contribution in [0.4, 0.5) is 5.69 Å². The predicted molar refractivity (Wildman–Crippen MR) is 88.2 cm³/mol. The SMILES string of the molecule is C=C=CC1(O)C(=O)N(Cc2ccc(OC)cc2)c2ccccc21. The molecule has 1 N–H and O–H groups in total. The summed E-state index contributed by atoms with van der Waals surface area (Å²) in [7, 11) is 1.61. The van der Waals surface area contributed by atoms with Crippen molar-refractivity contribution < 1.29 is 14.6 Å². The quantitative estimate of drug-likeness (QED) is 0.884. The number of methoxy groups -OCH3 is 1. The summed E-state index contributed by atoms with van der Waals surface area (Å²) in [5.74, 6) is 0.360. The second-order valence-corrected chi connectivity index (χ2v) is 5.37. The number of para-hydroxylation sites is 1. The van der Waals surface area contributed by atoms with Crippen LogP contribution in [0.15, 0.2) is 66.9 Å². The van der Waals surface area contributed by atoms with Gasteiger partial charge in [-0.1, -0.05) is 36.9 Å². The Kier molecular flexibility index (Phi) is 3.78. The minimum atomic E-state index is -1.70. The molecule has 3 rings (SSSR count). The maximum absolute atomic E-state index is 12.8. The van der Waals surface area contributed by atoms with Crippen molar-refractivity contribution in [1.82, 2.24) is 0 Å². The van der Waals surface area contributed by atoms with Crippen molar-refractivity contribution in [3.05, 3.63) is 78.0 Å². The fourth-order valence-corrected chi connectivity index (χ4v) is 2.82. The molecule has 0 aliphatic carbocycles. The molecule has 4 nitrogen and oxygen atoms in total. The number of hydrogen-bond acceptors (Lipinski definition) is 3. The number of benzene rings is 2. The molecule has 2 aromatic carbocycles. The normalized spacial score (nSPS) is 19.2. The molecule has 1 atom stereocenters. The Bertz CT molecular complexity index is 791. The summed E-state index contributed by atoms with van der Waals surface area (Å²) in [6.45, 7) is 3.85. The molecule has 0 spiro atoms. The first kappa shape index (κ1) is 15.1. The number of nitrogens with zero attached hydrogens (tertiary/aromatic N) is 1. The van der Waals surface area contributed by atoms with Crippen LogP contribution >= 0.6 is 0 Å². The van der Waals surface area contributed by atoms with E-state index in [-0.39, 0.29) is 0 Å². The van der Waals surface area contributed by atoms with Crippen molar-refractivity contribution in [3.63, 3.8) is 0 Å². The van der Waals surface area contributed by atoms with Crippen molar-refractivity contribution in [1.29, 1.82) is 0 Å². The van der Waals surface area contributed by atoms with Crippen molar-refractivity contribution in [2.75, 3.05) is 12.0 Å². The summed E-state index contributed by atoms with van der Waals surface area (Å²) in [6, 6.07) is 14.7. The maximum atomic E-state index is 12.8. The Morgan fingerprint density at radius 2 is 1.96 bits per heavy atom. The zero-order valence-electron chi connectivity index (χ0n) is 12.8. The second-order valence-electron chi connectivity index (χ2n) is 5.37. The van der Waals surface area contributed by atoms with Gasteiger partial charge in [-0.15, -0.1) is 5.73 Å². The Balaban J connectivity index is 1.99. The van der Waals surface area contributed by atoms with Gasteiger partial charge in [0, 0.05) is 11.6 Å². The fraction of sp³-hybridized carbons (Fsp3) is 0.158. The van der Waals surface area contributed by atoms with Crippen LogP contribution in [-0.4, -0.2) is 18.1 Å². The van der Waals surface area contributed by atoms with Gasteiger partial charge in [-0.05, 0) is 23.8 Å². The minimum absolute atomic E-state index is 0.368. The highest BCUT2D eigenvalue weighted by Gasteiger charge is 2.47. The zero-order valence-corrected chi connectivity index (χ0v) is 12.8. The molecule has 0 aromatic heterocycles. The number of amides is 1. The summed E-state index contributed by atoms with van der Waals surface area (Å²) in [4.78, 5) is 14.3. The third-order valence-electron chi connectivity index (χ3n) is 3.99. The molecule has 4 heteroatoms. The van der Waals surface area contributed by atoms with Crippen LogP contribution in [0.3, 0.4) is 0 Å². The molecule has 0 radical (unpaired) electrons. The first-order chi connectivity index (χ1) is 11.1. The van der Waals surface area contributed by atoms with Crippen LogP contribution in [0, 0.1) is 0 Å². The van der Waals surface area contributed by atoms with Gasteiger partial charge in [0.25, 0.3) is 5.91 Å². The number of aliphatic hydroxyl groups is 1. The van der Waals surface area contributed by atoms with Crippen LogP contribution in [0.2, 0.25) is 0 Å². The number of carbonyl (C=O) groups excluding carboxylic acids is 1. The number of anilines is 1. The number of carbonyl (C=O) groups is 1. The minimum Gasteiger partial charge on any atom is -0.497 e. The second kappa shape index (κ2) is 5.76. The first-order valence-corrected chi connectivity index (χ1v) is 7.24. The van der Waals surface area contributed by atoms with E-state index >= 15 is 0 Å². The van der Waals surface area contributed by atoms with E-state index in [0.29, 0.717) is 17.8 Å². The lowest BCUT2D eigenvalue weighted by Gasteiger charge is -2.20. The Morgan fingerprint density at radius 3 is 2.61 bits per heavy atom. The smallest absolute Gasteiger partial charge is 0.268 e. The van der Waals surface area contributed by atoms with Crippen molar-refractivity contribution in [2.24, 2.45) is 0 Å². The third kappa shape index (κ3) is 2.44. The average molecular weight is 307 g/mol. The molecule has 1 aliphatic heterocycles. The molecule has 116 valence electrons. The number of rotatable bonds is 4. The van der Waals surface area contributed by atoms with Gasteiger partial charge in [-0.3, -0.25) is 4.79 Å². The molecule has 1 heterocycles. The molecule has 2 aromatic rings. The van der Waals surface area contributed by atoms with Gasteiger partial charge >= 0.3 is 0 Å². The average Bonchev–Trinajstić information content (AvgIpc) is 2.78. The zero-order chi connectivity index (χ0) is 16.4. The lowest BCUT2D eigenvalue weighted by Crippen LogP contribution is -2.38. The van der Waals surface area contributed by atoms with Crippen molar-refractivity contribution >= 4 is 11.6 Å².